The Balaban J connectivity index is 2.20. The average molecular weight is 293 g/mol. The van der Waals surface area contributed by atoms with Crippen LogP contribution in [0.2, 0.25) is 5.02 Å². The highest BCUT2D eigenvalue weighted by Gasteiger charge is 2.37. The summed E-state index contributed by atoms with van der Waals surface area (Å²) in [6.07, 6.45) is 0.494. The Morgan fingerprint density at radius 2 is 2.22 bits per heavy atom. The lowest BCUT2D eigenvalue weighted by molar-refractivity contribution is 0.430. The quantitative estimate of drug-likeness (QED) is 0.914. The van der Waals surface area contributed by atoms with Crippen LogP contribution in [0, 0.1) is 5.82 Å². The van der Waals surface area contributed by atoms with Gasteiger partial charge in [0.1, 0.15) is 5.82 Å². The topological polar surface area (TPSA) is 63.4 Å². The van der Waals surface area contributed by atoms with E-state index in [0.29, 0.717) is 23.6 Å². The number of nitrogens with two attached hydrogens (primary N) is 1. The molecular weight excluding hydrogens is 279 g/mol. The van der Waals surface area contributed by atoms with Crippen molar-refractivity contribution in [3.8, 4) is 0 Å². The molecule has 0 radical (unpaired) electrons. The molecule has 1 aliphatic heterocycles. The number of nitrogens with zero attached hydrogens (tertiary/aromatic N) is 1. The van der Waals surface area contributed by atoms with Gasteiger partial charge in [0.05, 0.1) is 5.25 Å². The number of benzene rings is 1. The van der Waals surface area contributed by atoms with Crippen LogP contribution in [0.5, 0.6) is 0 Å². The summed E-state index contributed by atoms with van der Waals surface area (Å²) in [7, 11) is -3.39. The van der Waals surface area contributed by atoms with Gasteiger partial charge in [0.15, 0.2) is 0 Å². The lowest BCUT2D eigenvalue weighted by Gasteiger charge is -2.16. The summed E-state index contributed by atoms with van der Waals surface area (Å²) in [6, 6.07) is 4.23. The number of hydrogen-bond acceptors (Lipinski definition) is 3. The molecule has 7 heteroatoms. The van der Waals surface area contributed by atoms with Gasteiger partial charge in [0, 0.05) is 30.2 Å². The van der Waals surface area contributed by atoms with Crippen LogP contribution in [0.15, 0.2) is 18.2 Å². The minimum Gasteiger partial charge on any atom is -0.329 e. The van der Waals surface area contributed by atoms with Crippen molar-refractivity contribution in [3.05, 3.63) is 34.6 Å². The number of hydrogen-bond donors (Lipinski definition) is 1. The molecule has 1 aromatic rings. The summed E-state index contributed by atoms with van der Waals surface area (Å²) < 4.78 is 38.9. The molecule has 0 amide bonds. The maximum atomic E-state index is 13.6. The highest BCUT2D eigenvalue weighted by atomic mass is 35.5. The van der Waals surface area contributed by atoms with E-state index in [-0.39, 0.29) is 13.1 Å². The molecule has 2 rings (SSSR count). The highest BCUT2D eigenvalue weighted by Crippen LogP contribution is 2.25. The van der Waals surface area contributed by atoms with Gasteiger partial charge >= 0.3 is 0 Å². The largest absolute Gasteiger partial charge is 0.329 e. The van der Waals surface area contributed by atoms with E-state index in [1.54, 1.807) is 6.07 Å². The summed E-state index contributed by atoms with van der Waals surface area (Å²) in [5, 5.41) is -0.256. The van der Waals surface area contributed by atoms with Gasteiger partial charge in [-0.05, 0) is 18.6 Å². The Kier molecular flexibility index (Phi) is 3.91. The van der Waals surface area contributed by atoms with Gasteiger partial charge in [0.2, 0.25) is 10.0 Å². The summed E-state index contributed by atoms with van der Waals surface area (Å²) in [5.41, 5.74) is 5.74. The van der Waals surface area contributed by atoms with Crippen molar-refractivity contribution in [3.63, 3.8) is 0 Å². The summed E-state index contributed by atoms with van der Waals surface area (Å²) in [5.74, 6) is -0.492. The Morgan fingerprint density at radius 1 is 1.50 bits per heavy atom. The molecule has 1 aliphatic rings. The summed E-state index contributed by atoms with van der Waals surface area (Å²) in [6.45, 7) is 0.510. The van der Waals surface area contributed by atoms with Crippen LogP contribution in [-0.2, 0) is 16.6 Å². The van der Waals surface area contributed by atoms with Crippen LogP contribution in [0.1, 0.15) is 12.0 Å². The first-order valence-electron chi connectivity index (χ1n) is 5.58. The first-order valence-corrected chi connectivity index (χ1v) is 7.46. The molecule has 100 valence electrons. The fourth-order valence-corrected chi connectivity index (χ4v) is 3.93. The van der Waals surface area contributed by atoms with Gasteiger partial charge in [-0.15, -0.1) is 0 Å². The van der Waals surface area contributed by atoms with Gasteiger partial charge in [-0.3, -0.25) is 0 Å². The standard InChI is InChI=1S/C11H14ClFN2O2S/c12-9-2-1-8(11(13)5-9)7-15-4-3-10(6-14)18(15,16)17/h1-2,5,10H,3-4,6-7,14H2. The average Bonchev–Trinajstić information content (AvgIpc) is 2.57. The number of rotatable bonds is 3. The van der Waals surface area contributed by atoms with E-state index in [0.717, 1.165) is 0 Å². The van der Waals surface area contributed by atoms with Crippen molar-refractivity contribution in [2.24, 2.45) is 5.73 Å². The molecule has 1 saturated heterocycles. The Hall–Kier alpha value is -0.690. The van der Waals surface area contributed by atoms with Crippen LogP contribution in [0.3, 0.4) is 0 Å². The van der Waals surface area contributed by atoms with Crippen LogP contribution in [0.25, 0.3) is 0 Å². The zero-order valence-electron chi connectivity index (χ0n) is 9.64. The summed E-state index contributed by atoms with van der Waals surface area (Å²) >= 11 is 5.65. The van der Waals surface area contributed by atoms with Gasteiger partial charge in [0.25, 0.3) is 0 Å². The molecule has 1 fully saturated rings. The van der Waals surface area contributed by atoms with Crippen LogP contribution < -0.4 is 5.73 Å². The van der Waals surface area contributed by atoms with Crippen LogP contribution in [0.4, 0.5) is 4.39 Å². The SMILES string of the molecule is NCC1CCN(Cc2ccc(Cl)cc2F)S1(=O)=O. The predicted octanol–water partition coefficient (Wildman–Crippen LogP) is 1.34. The van der Waals surface area contributed by atoms with Crippen molar-refractivity contribution in [1.29, 1.82) is 0 Å². The smallest absolute Gasteiger partial charge is 0.218 e. The summed E-state index contributed by atoms with van der Waals surface area (Å²) in [4.78, 5) is 0. The molecule has 1 heterocycles. The van der Waals surface area contributed by atoms with Crippen molar-refractivity contribution in [1.82, 2.24) is 4.31 Å². The van der Waals surface area contributed by atoms with E-state index in [9.17, 15) is 12.8 Å². The minimum atomic E-state index is -3.39. The second-order valence-corrected chi connectivity index (χ2v) is 6.91. The lowest BCUT2D eigenvalue weighted by atomic mass is 10.2. The van der Waals surface area contributed by atoms with Crippen molar-refractivity contribution < 1.29 is 12.8 Å². The lowest BCUT2D eigenvalue weighted by Crippen LogP contribution is -2.33. The molecule has 0 saturated carbocycles. The molecular formula is C11H14ClFN2O2S. The van der Waals surface area contributed by atoms with E-state index < -0.39 is 21.1 Å². The Labute approximate surface area is 111 Å². The van der Waals surface area contributed by atoms with E-state index in [2.05, 4.69) is 0 Å². The first kappa shape index (κ1) is 13.7. The third-order valence-corrected chi connectivity index (χ3v) is 5.64. The molecule has 0 bridgehead atoms. The maximum Gasteiger partial charge on any atom is 0.218 e. The van der Waals surface area contributed by atoms with E-state index >= 15 is 0 Å². The fourth-order valence-electron chi connectivity index (χ4n) is 2.02. The van der Waals surface area contributed by atoms with E-state index in [1.807, 2.05) is 0 Å². The molecule has 0 aromatic heterocycles. The Bertz CT molecular complexity index is 550. The van der Waals surface area contributed by atoms with Crippen molar-refractivity contribution >= 4 is 21.6 Å². The number of halogens is 2. The molecule has 1 unspecified atom stereocenters. The molecule has 2 N–H and O–H groups in total. The highest BCUT2D eigenvalue weighted by molar-refractivity contribution is 7.90. The second-order valence-electron chi connectivity index (χ2n) is 4.26. The first-order chi connectivity index (χ1) is 8.45. The molecule has 0 spiro atoms. The second kappa shape index (κ2) is 5.13. The van der Waals surface area contributed by atoms with Crippen LogP contribution >= 0.6 is 11.6 Å². The van der Waals surface area contributed by atoms with Crippen molar-refractivity contribution in [2.75, 3.05) is 13.1 Å². The fraction of sp³-hybridized carbons (Fsp3) is 0.455. The predicted molar refractivity (Wildman–Crippen MR) is 68.2 cm³/mol. The maximum absolute atomic E-state index is 13.6. The molecule has 4 nitrogen and oxygen atoms in total. The third kappa shape index (κ3) is 2.51. The zero-order valence-corrected chi connectivity index (χ0v) is 11.2. The van der Waals surface area contributed by atoms with Gasteiger partial charge in [-0.1, -0.05) is 17.7 Å². The van der Waals surface area contributed by atoms with Gasteiger partial charge in [-0.2, -0.15) is 4.31 Å². The molecule has 18 heavy (non-hydrogen) atoms. The monoisotopic (exact) mass is 292 g/mol. The number of sulfonamides is 1. The van der Waals surface area contributed by atoms with E-state index in [4.69, 9.17) is 17.3 Å². The zero-order chi connectivity index (χ0) is 13.3. The van der Waals surface area contributed by atoms with Gasteiger partial charge in [-0.25, -0.2) is 12.8 Å². The Morgan fingerprint density at radius 3 is 2.78 bits per heavy atom. The normalized spacial score (nSPS) is 23.4. The molecule has 0 aliphatic carbocycles. The van der Waals surface area contributed by atoms with Gasteiger partial charge < -0.3 is 5.73 Å². The molecule has 1 aromatic carbocycles. The van der Waals surface area contributed by atoms with E-state index in [1.165, 1.54) is 16.4 Å². The minimum absolute atomic E-state index is 0.0296. The van der Waals surface area contributed by atoms with Crippen molar-refractivity contribution in [2.45, 2.75) is 18.2 Å². The third-order valence-electron chi connectivity index (χ3n) is 3.11. The van der Waals surface area contributed by atoms with Crippen LogP contribution in [-0.4, -0.2) is 31.1 Å². The molecule has 1 atom stereocenters.